The van der Waals surface area contributed by atoms with Gasteiger partial charge in [0.15, 0.2) is 0 Å². The van der Waals surface area contributed by atoms with E-state index in [1.807, 2.05) is 10.8 Å². The summed E-state index contributed by atoms with van der Waals surface area (Å²) >= 11 is 1.49. The molecular formula is C13H14N2O2S. The van der Waals surface area contributed by atoms with Crippen LogP contribution >= 0.6 is 11.3 Å². The SMILES string of the molecule is COc1ccc(N)cc1CNC(=O)c1ccsc1. The minimum atomic E-state index is -0.0965. The van der Waals surface area contributed by atoms with Gasteiger partial charge in [-0.3, -0.25) is 4.79 Å². The predicted octanol–water partition coefficient (Wildman–Crippen LogP) is 2.27. The first kappa shape index (κ1) is 12.4. The van der Waals surface area contributed by atoms with Crippen molar-refractivity contribution in [2.75, 3.05) is 12.8 Å². The summed E-state index contributed by atoms with van der Waals surface area (Å²) in [4.78, 5) is 11.8. The molecule has 0 bridgehead atoms. The van der Waals surface area contributed by atoms with Gasteiger partial charge in [-0.25, -0.2) is 0 Å². The molecule has 18 heavy (non-hydrogen) atoms. The fourth-order valence-electron chi connectivity index (χ4n) is 1.61. The number of nitrogen functional groups attached to an aromatic ring is 1. The lowest BCUT2D eigenvalue weighted by Gasteiger charge is -2.10. The molecule has 0 aliphatic heterocycles. The Morgan fingerprint density at radius 3 is 2.94 bits per heavy atom. The molecule has 0 spiro atoms. The first-order valence-corrected chi connectivity index (χ1v) is 6.38. The van der Waals surface area contributed by atoms with E-state index in [-0.39, 0.29) is 5.91 Å². The number of carbonyl (C=O) groups excluding carboxylic acids is 1. The summed E-state index contributed by atoms with van der Waals surface area (Å²) in [6, 6.07) is 7.15. The van der Waals surface area contributed by atoms with E-state index >= 15 is 0 Å². The topological polar surface area (TPSA) is 64.3 Å². The molecule has 1 aromatic heterocycles. The number of thiophene rings is 1. The van der Waals surface area contributed by atoms with Gasteiger partial charge in [0.05, 0.1) is 7.11 Å². The number of anilines is 1. The minimum absolute atomic E-state index is 0.0965. The maximum Gasteiger partial charge on any atom is 0.252 e. The normalized spacial score (nSPS) is 10.1. The molecule has 0 unspecified atom stereocenters. The van der Waals surface area contributed by atoms with E-state index in [0.29, 0.717) is 17.8 Å². The highest BCUT2D eigenvalue weighted by Gasteiger charge is 2.08. The largest absolute Gasteiger partial charge is 0.496 e. The number of rotatable bonds is 4. The third kappa shape index (κ3) is 2.81. The van der Waals surface area contributed by atoms with Gasteiger partial charge in [-0.2, -0.15) is 11.3 Å². The summed E-state index contributed by atoms with van der Waals surface area (Å²) in [5.74, 6) is 0.621. The van der Waals surface area contributed by atoms with E-state index in [1.165, 1.54) is 11.3 Å². The Morgan fingerprint density at radius 2 is 2.28 bits per heavy atom. The van der Waals surface area contributed by atoms with Crippen LogP contribution in [0.3, 0.4) is 0 Å². The average Bonchev–Trinajstić information content (AvgIpc) is 2.90. The molecule has 2 aromatic rings. The van der Waals surface area contributed by atoms with Gasteiger partial charge in [-0.15, -0.1) is 0 Å². The van der Waals surface area contributed by atoms with E-state index in [0.717, 1.165) is 11.3 Å². The van der Waals surface area contributed by atoms with E-state index in [2.05, 4.69) is 5.32 Å². The molecule has 0 saturated heterocycles. The summed E-state index contributed by atoms with van der Waals surface area (Å²) in [7, 11) is 1.59. The highest BCUT2D eigenvalue weighted by molar-refractivity contribution is 7.08. The minimum Gasteiger partial charge on any atom is -0.496 e. The maximum absolute atomic E-state index is 11.8. The summed E-state index contributed by atoms with van der Waals surface area (Å²) in [6.45, 7) is 0.392. The molecule has 3 N–H and O–H groups in total. The fraction of sp³-hybridized carbons (Fsp3) is 0.154. The van der Waals surface area contributed by atoms with Crippen molar-refractivity contribution in [3.05, 3.63) is 46.2 Å². The number of benzene rings is 1. The second-order valence-electron chi connectivity index (χ2n) is 3.77. The number of hydrogen-bond donors (Lipinski definition) is 2. The maximum atomic E-state index is 11.8. The number of carbonyl (C=O) groups is 1. The van der Waals surface area contributed by atoms with Crippen LogP contribution in [0.2, 0.25) is 0 Å². The van der Waals surface area contributed by atoms with Crippen LogP contribution in [0.4, 0.5) is 5.69 Å². The van der Waals surface area contributed by atoms with Crippen molar-refractivity contribution in [1.29, 1.82) is 0 Å². The van der Waals surface area contributed by atoms with Crippen LogP contribution in [-0.4, -0.2) is 13.0 Å². The van der Waals surface area contributed by atoms with Crippen molar-refractivity contribution in [2.45, 2.75) is 6.54 Å². The van der Waals surface area contributed by atoms with Gasteiger partial charge < -0.3 is 15.8 Å². The first-order chi connectivity index (χ1) is 8.70. The van der Waals surface area contributed by atoms with Gasteiger partial charge in [0.25, 0.3) is 5.91 Å². The van der Waals surface area contributed by atoms with Crippen LogP contribution in [0.1, 0.15) is 15.9 Å². The van der Waals surface area contributed by atoms with Crippen LogP contribution in [0.25, 0.3) is 0 Å². The quantitative estimate of drug-likeness (QED) is 0.831. The number of ether oxygens (including phenoxy) is 1. The lowest BCUT2D eigenvalue weighted by atomic mass is 10.1. The van der Waals surface area contributed by atoms with Gasteiger partial charge in [0.2, 0.25) is 0 Å². The van der Waals surface area contributed by atoms with Gasteiger partial charge in [0.1, 0.15) is 5.75 Å². The molecule has 0 aliphatic carbocycles. The number of hydrogen-bond acceptors (Lipinski definition) is 4. The zero-order chi connectivity index (χ0) is 13.0. The Kier molecular flexibility index (Phi) is 3.84. The van der Waals surface area contributed by atoms with E-state index in [9.17, 15) is 4.79 Å². The molecule has 4 nitrogen and oxygen atoms in total. The zero-order valence-electron chi connectivity index (χ0n) is 9.97. The number of methoxy groups -OCH3 is 1. The highest BCUT2D eigenvalue weighted by atomic mass is 32.1. The Labute approximate surface area is 109 Å². The second-order valence-corrected chi connectivity index (χ2v) is 4.55. The molecule has 2 rings (SSSR count). The molecule has 0 fully saturated rings. The van der Waals surface area contributed by atoms with Crippen molar-refractivity contribution >= 4 is 22.9 Å². The molecule has 0 saturated carbocycles. The second kappa shape index (κ2) is 5.55. The van der Waals surface area contributed by atoms with Crippen molar-refractivity contribution in [2.24, 2.45) is 0 Å². The van der Waals surface area contributed by atoms with Crippen LogP contribution < -0.4 is 15.8 Å². The molecular weight excluding hydrogens is 248 g/mol. The van der Waals surface area contributed by atoms with Gasteiger partial charge in [0, 0.05) is 28.7 Å². The number of nitrogens with one attached hydrogen (secondary N) is 1. The first-order valence-electron chi connectivity index (χ1n) is 5.43. The van der Waals surface area contributed by atoms with Crippen LogP contribution in [-0.2, 0) is 6.54 Å². The fourth-order valence-corrected chi connectivity index (χ4v) is 2.24. The predicted molar refractivity (Wildman–Crippen MR) is 72.9 cm³/mol. The Hall–Kier alpha value is -2.01. The van der Waals surface area contributed by atoms with E-state index in [1.54, 1.807) is 31.4 Å². The lowest BCUT2D eigenvalue weighted by molar-refractivity contribution is 0.0951. The summed E-state index contributed by atoms with van der Waals surface area (Å²) in [5.41, 5.74) is 7.90. The van der Waals surface area contributed by atoms with Gasteiger partial charge in [-0.05, 0) is 29.6 Å². The molecule has 1 heterocycles. The zero-order valence-corrected chi connectivity index (χ0v) is 10.8. The molecule has 0 aliphatic rings. The van der Waals surface area contributed by atoms with E-state index < -0.39 is 0 Å². The molecule has 5 heteroatoms. The summed E-state index contributed by atoms with van der Waals surface area (Å²) < 4.78 is 5.22. The van der Waals surface area contributed by atoms with E-state index in [4.69, 9.17) is 10.5 Å². The van der Waals surface area contributed by atoms with Crippen molar-refractivity contribution in [3.63, 3.8) is 0 Å². The van der Waals surface area contributed by atoms with Crippen molar-refractivity contribution in [3.8, 4) is 5.75 Å². The Bertz CT molecular complexity index is 538. The lowest BCUT2D eigenvalue weighted by Crippen LogP contribution is -2.22. The van der Waals surface area contributed by atoms with Gasteiger partial charge >= 0.3 is 0 Å². The Balaban J connectivity index is 2.06. The van der Waals surface area contributed by atoms with Crippen molar-refractivity contribution < 1.29 is 9.53 Å². The summed E-state index contributed by atoms with van der Waals surface area (Å²) in [6.07, 6.45) is 0. The molecule has 1 aromatic carbocycles. The van der Waals surface area contributed by atoms with Crippen LogP contribution in [0.5, 0.6) is 5.75 Å². The monoisotopic (exact) mass is 262 g/mol. The number of nitrogens with two attached hydrogens (primary N) is 1. The average molecular weight is 262 g/mol. The van der Waals surface area contributed by atoms with Crippen molar-refractivity contribution in [1.82, 2.24) is 5.32 Å². The smallest absolute Gasteiger partial charge is 0.252 e. The third-order valence-corrected chi connectivity index (χ3v) is 3.21. The molecule has 94 valence electrons. The highest BCUT2D eigenvalue weighted by Crippen LogP contribution is 2.20. The third-order valence-electron chi connectivity index (χ3n) is 2.53. The molecule has 1 amide bonds. The standard InChI is InChI=1S/C13H14N2O2S/c1-17-12-3-2-11(14)6-10(12)7-15-13(16)9-4-5-18-8-9/h2-6,8H,7,14H2,1H3,(H,15,16). The molecule has 0 atom stereocenters. The van der Waals surface area contributed by atoms with Crippen LogP contribution in [0.15, 0.2) is 35.0 Å². The molecule has 0 radical (unpaired) electrons. The van der Waals surface area contributed by atoms with Gasteiger partial charge in [-0.1, -0.05) is 0 Å². The Morgan fingerprint density at radius 1 is 1.44 bits per heavy atom. The summed E-state index contributed by atoms with van der Waals surface area (Å²) in [5, 5.41) is 6.52. The van der Waals surface area contributed by atoms with Crippen LogP contribution in [0, 0.1) is 0 Å². The number of amides is 1.